The highest BCUT2D eigenvalue weighted by atomic mass is 19.1. The molecule has 1 unspecified atom stereocenters. The number of rotatable bonds is 5. The second-order valence-electron chi connectivity index (χ2n) is 9.21. The van der Waals surface area contributed by atoms with Gasteiger partial charge in [-0.15, -0.1) is 0 Å². The molecule has 0 bridgehead atoms. The lowest BCUT2D eigenvalue weighted by atomic mass is 9.63. The topological polar surface area (TPSA) is 131 Å². The van der Waals surface area contributed by atoms with E-state index in [2.05, 4.69) is 32.5 Å². The molecule has 1 amide bonds. The molecule has 6 rings (SSSR count). The highest BCUT2D eigenvalue weighted by Crippen LogP contribution is 2.34. The number of amides is 1. The Balaban J connectivity index is 1.17. The third kappa shape index (κ3) is 4.67. The number of nitrogens with zero attached hydrogens (tertiary/aromatic N) is 4. The molecule has 4 N–H and O–H groups in total. The lowest BCUT2D eigenvalue weighted by Crippen LogP contribution is -2.42. The Kier molecular flexibility index (Phi) is 5.88. The number of nitrogens with one attached hydrogen (secondary N) is 2. The number of ether oxygens (including phenoxy) is 2. The normalized spacial score (nSPS) is 19.2. The molecule has 12 heteroatoms. The molecule has 10 nitrogen and oxygen atoms in total. The van der Waals surface area contributed by atoms with E-state index in [4.69, 9.17) is 15.2 Å². The molecule has 1 spiro atoms. The second-order valence-corrected chi connectivity index (χ2v) is 9.21. The van der Waals surface area contributed by atoms with Crippen molar-refractivity contribution in [1.29, 1.82) is 0 Å². The Hall–Kier alpha value is -4.19. The van der Waals surface area contributed by atoms with Gasteiger partial charge >= 0.3 is 0 Å². The molecule has 2 fully saturated rings. The highest BCUT2D eigenvalue weighted by Gasteiger charge is 2.42. The molecule has 1 atom stereocenters. The third-order valence-corrected chi connectivity index (χ3v) is 6.66. The molecule has 4 aromatic rings. The number of hydrogen-bond acceptors (Lipinski definition) is 8. The number of likely N-dealkylation sites (tertiary alicyclic amines) is 1. The number of halogens is 1. The van der Waals surface area contributed by atoms with E-state index in [9.17, 15) is 9.18 Å². The molecule has 5 heterocycles. The van der Waals surface area contributed by atoms with E-state index < -0.39 is 5.82 Å². The summed E-state index contributed by atoms with van der Waals surface area (Å²) >= 11 is 0. The van der Waals surface area contributed by atoms with Crippen LogP contribution in [0.5, 0.6) is 11.5 Å². The number of fused-ring (bicyclic) bond motifs is 1. The monoisotopic (exact) mass is 500 g/mol. The van der Waals surface area contributed by atoms with Crippen LogP contribution in [0.2, 0.25) is 12.6 Å². The first-order valence-corrected chi connectivity index (χ1v) is 12.0. The summed E-state index contributed by atoms with van der Waals surface area (Å²) in [7, 11) is 2.22. The van der Waals surface area contributed by atoms with Crippen molar-refractivity contribution in [3.63, 3.8) is 0 Å². The summed E-state index contributed by atoms with van der Waals surface area (Å²) in [5.74, 6) is -0.0522. The first kappa shape index (κ1) is 23.2. The van der Waals surface area contributed by atoms with Crippen molar-refractivity contribution >= 4 is 41.7 Å². The summed E-state index contributed by atoms with van der Waals surface area (Å²) in [5, 5.41) is 3.75. The first-order chi connectivity index (χ1) is 18.0. The number of nitrogens with two attached hydrogens (primary N) is 1. The van der Waals surface area contributed by atoms with Gasteiger partial charge in [0.05, 0.1) is 11.0 Å². The first-order valence-electron chi connectivity index (χ1n) is 12.0. The lowest BCUT2D eigenvalue weighted by molar-refractivity contribution is -0.0227. The average molecular weight is 500 g/mol. The Morgan fingerprint density at radius 1 is 1.24 bits per heavy atom. The van der Waals surface area contributed by atoms with Crippen LogP contribution < -0.4 is 15.8 Å². The van der Waals surface area contributed by atoms with Gasteiger partial charge in [-0.25, -0.2) is 14.4 Å². The maximum atomic E-state index is 14.9. The van der Waals surface area contributed by atoms with Gasteiger partial charge in [0.1, 0.15) is 30.2 Å². The number of nitrogen functional groups attached to an aromatic ring is 1. The van der Waals surface area contributed by atoms with Crippen molar-refractivity contribution in [1.82, 2.24) is 24.8 Å². The molecular weight excluding hydrogens is 476 g/mol. The highest BCUT2D eigenvalue weighted by molar-refractivity contribution is 6.36. The number of carbonyl (C=O) groups excluding carboxylic acids is 1. The van der Waals surface area contributed by atoms with Crippen molar-refractivity contribution in [3.05, 3.63) is 60.3 Å². The fourth-order valence-corrected chi connectivity index (χ4v) is 4.84. The van der Waals surface area contributed by atoms with Crippen molar-refractivity contribution in [2.45, 2.75) is 24.7 Å². The number of pyridine rings is 1. The molecule has 37 heavy (non-hydrogen) atoms. The number of hydrogen-bond donors (Lipinski definition) is 3. The fraction of sp³-hybridized carbons (Fsp3) is 0.280. The summed E-state index contributed by atoms with van der Waals surface area (Å²) in [6.07, 6.45) is 5.87. The minimum atomic E-state index is -0.574. The van der Waals surface area contributed by atoms with E-state index in [1.165, 1.54) is 18.2 Å². The maximum Gasteiger partial charge on any atom is 0.272 e. The van der Waals surface area contributed by atoms with Gasteiger partial charge in [0, 0.05) is 49.9 Å². The molecule has 2 aliphatic heterocycles. The SMILES string of the molecule is Nc1nc(Nc2ccc(Oc3ccnc4[nH]ccc34)c(F)c2)cc(C(=O)N2CCC3(C[B]CCO3)C2)n1. The third-order valence-electron chi connectivity index (χ3n) is 6.66. The number of aromatic amines is 1. The summed E-state index contributed by atoms with van der Waals surface area (Å²) in [4.78, 5) is 30.4. The van der Waals surface area contributed by atoms with Crippen molar-refractivity contribution < 1.29 is 18.7 Å². The Labute approximate surface area is 212 Å². The minimum Gasteiger partial charge on any atom is -0.453 e. The molecule has 3 aromatic heterocycles. The summed E-state index contributed by atoms with van der Waals surface area (Å²) in [5.41, 5.74) is 6.82. The van der Waals surface area contributed by atoms with Gasteiger partial charge in [-0.1, -0.05) is 6.32 Å². The Morgan fingerprint density at radius 3 is 3.00 bits per heavy atom. The van der Waals surface area contributed by atoms with E-state index in [1.54, 1.807) is 29.4 Å². The molecular formula is C25H24BFN7O3. The minimum absolute atomic E-state index is 0.0573. The van der Waals surface area contributed by atoms with E-state index in [0.29, 0.717) is 36.8 Å². The van der Waals surface area contributed by atoms with E-state index in [-0.39, 0.29) is 34.7 Å². The number of benzene rings is 1. The van der Waals surface area contributed by atoms with Gasteiger partial charge < -0.3 is 30.4 Å². The van der Waals surface area contributed by atoms with Crippen LogP contribution in [0.4, 0.5) is 21.8 Å². The van der Waals surface area contributed by atoms with Crippen LogP contribution in [0, 0.1) is 5.82 Å². The zero-order valence-corrected chi connectivity index (χ0v) is 19.9. The molecule has 2 saturated heterocycles. The van der Waals surface area contributed by atoms with Crippen LogP contribution in [0.1, 0.15) is 16.9 Å². The smallest absolute Gasteiger partial charge is 0.272 e. The summed E-state index contributed by atoms with van der Waals surface area (Å²) < 4.78 is 26.7. The number of anilines is 3. The van der Waals surface area contributed by atoms with Gasteiger partial charge in [0.15, 0.2) is 11.6 Å². The van der Waals surface area contributed by atoms with Gasteiger partial charge in [-0.2, -0.15) is 4.98 Å². The zero-order valence-electron chi connectivity index (χ0n) is 19.9. The van der Waals surface area contributed by atoms with Crippen molar-refractivity contribution in [2.24, 2.45) is 0 Å². The average Bonchev–Trinajstić information content (AvgIpc) is 3.53. The molecule has 2 aliphatic rings. The maximum absolute atomic E-state index is 14.9. The van der Waals surface area contributed by atoms with Gasteiger partial charge in [0.2, 0.25) is 5.95 Å². The molecule has 187 valence electrons. The van der Waals surface area contributed by atoms with Gasteiger partial charge in [-0.3, -0.25) is 4.79 Å². The van der Waals surface area contributed by atoms with Gasteiger partial charge in [0.25, 0.3) is 5.91 Å². The van der Waals surface area contributed by atoms with Crippen LogP contribution in [-0.4, -0.2) is 63.3 Å². The summed E-state index contributed by atoms with van der Waals surface area (Å²) in [6, 6.07) is 9.44. The molecule has 0 aliphatic carbocycles. The standard InChI is InChI=1S/C25H24BFN7O3/c27-17-11-15(1-2-20(17)37-19-4-8-30-22-16(19)3-7-29-22)31-21-12-18(32-24(28)33-21)23(35)34-9-5-25(14-34)13-26-6-10-36-25/h1-4,7-8,11-12H,5-6,9-10,13-14H2,(H,29,30)(H3,28,31,32,33). The quantitative estimate of drug-likeness (QED) is 0.353. The van der Waals surface area contributed by atoms with Crippen LogP contribution in [0.3, 0.4) is 0 Å². The van der Waals surface area contributed by atoms with Crippen molar-refractivity contribution in [3.8, 4) is 11.5 Å². The number of H-pyrrole nitrogens is 1. The van der Waals surface area contributed by atoms with Crippen LogP contribution in [0.15, 0.2) is 48.8 Å². The Morgan fingerprint density at radius 2 is 2.16 bits per heavy atom. The molecule has 1 aromatic carbocycles. The lowest BCUT2D eigenvalue weighted by Gasteiger charge is -2.33. The second kappa shape index (κ2) is 9.36. The number of carbonyl (C=O) groups is 1. The summed E-state index contributed by atoms with van der Waals surface area (Å²) in [6.45, 7) is 1.77. The van der Waals surface area contributed by atoms with Crippen LogP contribution in [0.25, 0.3) is 11.0 Å². The Bertz CT molecular complexity index is 1470. The van der Waals surface area contributed by atoms with Gasteiger partial charge in [-0.05, 0) is 37.0 Å². The van der Waals surface area contributed by atoms with E-state index in [0.717, 1.165) is 24.4 Å². The van der Waals surface area contributed by atoms with E-state index in [1.807, 2.05) is 6.07 Å². The predicted octanol–water partition coefficient (Wildman–Crippen LogP) is 3.77. The van der Waals surface area contributed by atoms with Crippen molar-refractivity contribution in [2.75, 3.05) is 30.7 Å². The molecule has 0 saturated carbocycles. The van der Waals surface area contributed by atoms with E-state index >= 15 is 0 Å². The van der Waals surface area contributed by atoms with Crippen LogP contribution >= 0.6 is 0 Å². The predicted molar refractivity (Wildman–Crippen MR) is 137 cm³/mol. The fourth-order valence-electron chi connectivity index (χ4n) is 4.84. The zero-order chi connectivity index (χ0) is 25.4. The number of aromatic nitrogens is 4. The largest absolute Gasteiger partial charge is 0.453 e. The molecule has 1 radical (unpaired) electrons. The van der Waals surface area contributed by atoms with Crippen LogP contribution in [-0.2, 0) is 4.74 Å².